The van der Waals surface area contributed by atoms with Gasteiger partial charge in [-0.15, -0.1) is 0 Å². The molecule has 1 N–H and O–H groups in total. The zero-order valence-corrected chi connectivity index (χ0v) is 13.1. The molecule has 0 bridgehead atoms. The fourth-order valence-corrected chi connectivity index (χ4v) is 2.61. The molecule has 3 rings (SSSR count). The third kappa shape index (κ3) is 3.87. The molecule has 7 nitrogen and oxygen atoms in total. The Morgan fingerprint density at radius 3 is 3.22 bits per heavy atom. The summed E-state index contributed by atoms with van der Waals surface area (Å²) in [6, 6.07) is 3.36. The molecular weight excluding hydrogens is 296 g/mol. The van der Waals surface area contributed by atoms with Gasteiger partial charge in [-0.3, -0.25) is 9.48 Å². The molecule has 2 aromatic rings. The third-order valence-electron chi connectivity index (χ3n) is 3.76. The number of rotatable bonds is 5. The first kappa shape index (κ1) is 15.5. The minimum Gasteiger partial charge on any atom is -0.480 e. The monoisotopic (exact) mass is 316 g/mol. The van der Waals surface area contributed by atoms with Crippen LogP contribution in [0.5, 0.6) is 5.88 Å². The van der Waals surface area contributed by atoms with Crippen molar-refractivity contribution >= 4 is 11.6 Å². The van der Waals surface area contributed by atoms with Gasteiger partial charge in [0.05, 0.1) is 31.6 Å². The predicted molar refractivity (Wildman–Crippen MR) is 84.6 cm³/mol. The average Bonchev–Trinajstić information content (AvgIpc) is 3.02. The van der Waals surface area contributed by atoms with Crippen molar-refractivity contribution in [2.24, 2.45) is 0 Å². The van der Waals surface area contributed by atoms with Crippen LogP contribution in [-0.2, 0) is 11.3 Å². The van der Waals surface area contributed by atoms with E-state index in [9.17, 15) is 4.79 Å². The Hall–Kier alpha value is -2.41. The second kappa shape index (κ2) is 7.23. The number of ether oxygens (including phenoxy) is 2. The molecule has 1 amide bonds. The lowest BCUT2D eigenvalue weighted by atomic mass is 10.1. The molecule has 0 aliphatic carbocycles. The number of amides is 1. The highest BCUT2D eigenvalue weighted by atomic mass is 16.5. The topological polar surface area (TPSA) is 78.3 Å². The van der Waals surface area contributed by atoms with Crippen LogP contribution in [0, 0.1) is 0 Å². The maximum absolute atomic E-state index is 12.3. The number of nitrogens with zero attached hydrogens (tertiary/aromatic N) is 3. The Morgan fingerprint density at radius 2 is 2.43 bits per heavy atom. The summed E-state index contributed by atoms with van der Waals surface area (Å²) in [5.41, 5.74) is 1.02. The summed E-state index contributed by atoms with van der Waals surface area (Å²) in [5.74, 6) is 0.0245. The molecule has 1 aliphatic rings. The van der Waals surface area contributed by atoms with Gasteiger partial charge in [0, 0.05) is 19.0 Å². The molecule has 1 saturated heterocycles. The predicted octanol–water partition coefficient (Wildman–Crippen LogP) is 2.11. The third-order valence-corrected chi connectivity index (χ3v) is 3.76. The van der Waals surface area contributed by atoms with E-state index in [1.807, 2.05) is 0 Å². The summed E-state index contributed by atoms with van der Waals surface area (Å²) in [7, 11) is 1.49. The van der Waals surface area contributed by atoms with Crippen molar-refractivity contribution in [1.29, 1.82) is 0 Å². The number of pyridine rings is 1. The van der Waals surface area contributed by atoms with Crippen molar-refractivity contribution in [1.82, 2.24) is 14.8 Å². The molecular formula is C16H20N4O3. The molecule has 1 aliphatic heterocycles. The molecule has 0 aromatic carbocycles. The van der Waals surface area contributed by atoms with E-state index in [0.29, 0.717) is 23.7 Å². The second-order valence-electron chi connectivity index (χ2n) is 5.45. The maximum atomic E-state index is 12.3. The Morgan fingerprint density at radius 1 is 1.52 bits per heavy atom. The number of carbonyl (C=O) groups excluding carboxylic acids is 1. The van der Waals surface area contributed by atoms with E-state index in [1.165, 1.54) is 13.5 Å². The van der Waals surface area contributed by atoms with E-state index in [2.05, 4.69) is 15.4 Å². The Balaban J connectivity index is 1.63. The Kier molecular flexibility index (Phi) is 4.87. The lowest BCUT2D eigenvalue weighted by molar-refractivity contribution is 0.00401. The van der Waals surface area contributed by atoms with Gasteiger partial charge < -0.3 is 14.8 Å². The molecule has 3 heterocycles. The summed E-state index contributed by atoms with van der Waals surface area (Å²) < 4.78 is 12.6. The van der Waals surface area contributed by atoms with Gasteiger partial charge in [0.2, 0.25) is 5.88 Å². The zero-order chi connectivity index (χ0) is 16.1. The SMILES string of the molecule is COc1ncccc1C(=O)Nc1cnn(CC2CCCCO2)c1. The number of anilines is 1. The lowest BCUT2D eigenvalue weighted by Gasteiger charge is -2.22. The smallest absolute Gasteiger partial charge is 0.261 e. The van der Waals surface area contributed by atoms with Gasteiger partial charge >= 0.3 is 0 Å². The highest BCUT2D eigenvalue weighted by Crippen LogP contribution is 2.17. The van der Waals surface area contributed by atoms with E-state index in [0.717, 1.165) is 19.4 Å². The lowest BCUT2D eigenvalue weighted by Crippen LogP contribution is -2.24. The van der Waals surface area contributed by atoms with Crippen LogP contribution in [0.3, 0.4) is 0 Å². The first-order valence-electron chi connectivity index (χ1n) is 7.70. The van der Waals surface area contributed by atoms with Crippen molar-refractivity contribution in [2.45, 2.75) is 31.9 Å². The molecule has 0 spiro atoms. The summed E-state index contributed by atoms with van der Waals surface area (Å²) in [5, 5.41) is 7.08. The van der Waals surface area contributed by atoms with Crippen molar-refractivity contribution in [2.75, 3.05) is 19.0 Å². The number of carbonyl (C=O) groups is 1. The van der Waals surface area contributed by atoms with Crippen molar-refractivity contribution in [3.63, 3.8) is 0 Å². The van der Waals surface area contributed by atoms with Crippen LogP contribution in [0.4, 0.5) is 5.69 Å². The van der Waals surface area contributed by atoms with Gasteiger partial charge in [-0.25, -0.2) is 4.98 Å². The summed E-state index contributed by atoms with van der Waals surface area (Å²) in [6.45, 7) is 1.52. The molecule has 1 atom stereocenters. The van der Waals surface area contributed by atoms with E-state index < -0.39 is 0 Å². The summed E-state index contributed by atoms with van der Waals surface area (Å²) in [4.78, 5) is 16.3. The van der Waals surface area contributed by atoms with Crippen LogP contribution >= 0.6 is 0 Å². The molecule has 0 radical (unpaired) electrons. The largest absolute Gasteiger partial charge is 0.480 e. The van der Waals surface area contributed by atoms with Crippen LogP contribution in [0.1, 0.15) is 29.6 Å². The van der Waals surface area contributed by atoms with E-state index >= 15 is 0 Å². The number of methoxy groups -OCH3 is 1. The standard InChI is InChI=1S/C16H20N4O3/c1-22-16-14(6-4-7-17-16)15(21)19-12-9-18-20(10-12)11-13-5-2-3-8-23-13/h4,6-7,9-10,13H,2-3,5,8,11H2,1H3,(H,19,21). The Bertz CT molecular complexity index is 665. The fraction of sp³-hybridized carbons (Fsp3) is 0.438. The zero-order valence-electron chi connectivity index (χ0n) is 13.1. The normalized spacial score (nSPS) is 17.7. The maximum Gasteiger partial charge on any atom is 0.261 e. The van der Waals surface area contributed by atoms with Crippen LogP contribution in [0.25, 0.3) is 0 Å². The minimum absolute atomic E-state index is 0.200. The fourth-order valence-electron chi connectivity index (χ4n) is 2.61. The molecule has 1 fully saturated rings. The molecule has 7 heteroatoms. The molecule has 122 valence electrons. The van der Waals surface area contributed by atoms with Gasteiger partial charge in [-0.1, -0.05) is 0 Å². The number of hydrogen-bond donors (Lipinski definition) is 1. The first-order chi connectivity index (χ1) is 11.3. The van der Waals surface area contributed by atoms with E-state index in [1.54, 1.807) is 35.4 Å². The van der Waals surface area contributed by atoms with Crippen LogP contribution < -0.4 is 10.1 Å². The number of hydrogen-bond acceptors (Lipinski definition) is 5. The molecule has 2 aromatic heterocycles. The second-order valence-corrected chi connectivity index (χ2v) is 5.45. The average molecular weight is 316 g/mol. The van der Waals surface area contributed by atoms with Crippen molar-refractivity contribution in [3.8, 4) is 5.88 Å². The first-order valence-corrected chi connectivity index (χ1v) is 7.70. The van der Waals surface area contributed by atoms with Gasteiger partial charge in [0.15, 0.2) is 0 Å². The van der Waals surface area contributed by atoms with Gasteiger partial charge in [-0.2, -0.15) is 5.10 Å². The van der Waals surface area contributed by atoms with Gasteiger partial charge in [0.25, 0.3) is 5.91 Å². The molecule has 1 unspecified atom stereocenters. The number of nitrogens with one attached hydrogen (secondary N) is 1. The van der Waals surface area contributed by atoms with E-state index in [-0.39, 0.29) is 12.0 Å². The van der Waals surface area contributed by atoms with Crippen molar-refractivity contribution < 1.29 is 14.3 Å². The molecule has 0 saturated carbocycles. The van der Waals surface area contributed by atoms with Gasteiger partial charge in [-0.05, 0) is 31.4 Å². The quantitative estimate of drug-likeness (QED) is 0.914. The van der Waals surface area contributed by atoms with Gasteiger partial charge in [0.1, 0.15) is 5.56 Å². The van der Waals surface area contributed by atoms with Crippen LogP contribution in [-0.4, -0.2) is 40.5 Å². The van der Waals surface area contributed by atoms with Crippen LogP contribution in [0.15, 0.2) is 30.7 Å². The highest BCUT2D eigenvalue weighted by molar-refractivity contribution is 6.05. The molecule has 23 heavy (non-hydrogen) atoms. The van der Waals surface area contributed by atoms with Crippen molar-refractivity contribution in [3.05, 3.63) is 36.3 Å². The number of aromatic nitrogens is 3. The Labute approximate surface area is 134 Å². The van der Waals surface area contributed by atoms with Crippen LogP contribution in [0.2, 0.25) is 0 Å². The summed E-state index contributed by atoms with van der Waals surface area (Å²) >= 11 is 0. The highest BCUT2D eigenvalue weighted by Gasteiger charge is 2.16. The minimum atomic E-state index is -0.275. The van der Waals surface area contributed by atoms with E-state index in [4.69, 9.17) is 9.47 Å². The summed E-state index contributed by atoms with van der Waals surface area (Å²) in [6.07, 6.45) is 8.58.